The highest BCUT2D eigenvalue weighted by molar-refractivity contribution is 6.36. The number of amides is 1. The first-order chi connectivity index (χ1) is 15.2. The molecule has 0 aliphatic carbocycles. The SMILES string of the molecule is O=C(NCCc1ccccc1)c1nn2c(c1Cl)N[C@@H](c1ccc(Cl)cc1)C[C@H]2C(F)(F)F. The summed E-state index contributed by atoms with van der Waals surface area (Å²) in [5.74, 6) is -0.660. The van der Waals surface area contributed by atoms with Gasteiger partial charge in [0.15, 0.2) is 11.7 Å². The number of carbonyl (C=O) groups is 1. The lowest BCUT2D eigenvalue weighted by Crippen LogP contribution is -2.36. The molecule has 1 aliphatic rings. The lowest BCUT2D eigenvalue weighted by Gasteiger charge is -2.33. The van der Waals surface area contributed by atoms with Gasteiger partial charge in [0.2, 0.25) is 0 Å². The molecule has 0 spiro atoms. The zero-order chi connectivity index (χ0) is 22.9. The number of fused-ring (bicyclic) bond motifs is 1. The van der Waals surface area contributed by atoms with Gasteiger partial charge in [-0.25, -0.2) is 4.68 Å². The van der Waals surface area contributed by atoms with Crippen molar-refractivity contribution in [3.63, 3.8) is 0 Å². The van der Waals surface area contributed by atoms with E-state index < -0.39 is 24.2 Å². The van der Waals surface area contributed by atoms with E-state index in [4.69, 9.17) is 23.2 Å². The monoisotopic (exact) mass is 482 g/mol. The van der Waals surface area contributed by atoms with Gasteiger partial charge in [0, 0.05) is 18.0 Å². The summed E-state index contributed by atoms with van der Waals surface area (Å²) in [5.41, 5.74) is 1.40. The van der Waals surface area contributed by atoms with E-state index in [0.717, 1.165) is 10.2 Å². The van der Waals surface area contributed by atoms with Crippen LogP contribution in [-0.4, -0.2) is 28.4 Å². The predicted molar refractivity (Wildman–Crippen MR) is 117 cm³/mol. The van der Waals surface area contributed by atoms with Crippen LogP contribution in [0.2, 0.25) is 10.0 Å². The van der Waals surface area contributed by atoms with E-state index in [9.17, 15) is 18.0 Å². The Morgan fingerprint density at radius 3 is 2.47 bits per heavy atom. The van der Waals surface area contributed by atoms with E-state index in [0.29, 0.717) is 23.6 Å². The Labute approximate surface area is 192 Å². The molecule has 0 saturated carbocycles. The highest BCUT2D eigenvalue weighted by Gasteiger charge is 2.47. The Balaban J connectivity index is 1.57. The van der Waals surface area contributed by atoms with Gasteiger partial charge in [-0.1, -0.05) is 65.7 Å². The first kappa shape index (κ1) is 22.5. The lowest BCUT2D eigenvalue weighted by molar-refractivity contribution is -0.173. The molecule has 1 amide bonds. The molecule has 10 heteroatoms. The van der Waals surface area contributed by atoms with E-state index >= 15 is 0 Å². The van der Waals surface area contributed by atoms with Crippen LogP contribution in [0.5, 0.6) is 0 Å². The van der Waals surface area contributed by atoms with Crippen molar-refractivity contribution in [1.29, 1.82) is 0 Å². The third-order valence-corrected chi connectivity index (χ3v) is 5.94. The quantitative estimate of drug-likeness (QED) is 0.481. The fraction of sp³-hybridized carbons (Fsp3) is 0.273. The van der Waals surface area contributed by atoms with Gasteiger partial charge in [-0.2, -0.15) is 18.3 Å². The van der Waals surface area contributed by atoms with Crippen molar-refractivity contribution in [2.75, 3.05) is 11.9 Å². The van der Waals surface area contributed by atoms with Gasteiger partial charge in [-0.3, -0.25) is 4.79 Å². The van der Waals surface area contributed by atoms with Crippen molar-refractivity contribution in [3.8, 4) is 0 Å². The summed E-state index contributed by atoms with van der Waals surface area (Å²) in [4.78, 5) is 12.6. The minimum Gasteiger partial charge on any atom is -0.362 e. The van der Waals surface area contributed by atoms with Crippen molar-refractivity contribution < 1.29 is 18.0 Å². The summed E-state index contributed by atoms with van der Waals surface area (Å²) < 4.78 is 42.3. The van der Waals surface area contributed by atoms with Gasteiger partial charge in [0.25, 0.3) is 5.91 Å². The fourth-order valence-corrected chi connectivity index (χ4v) is 4.09. The van der Waals surface area contributed by atoms with Crippen LogP contribution in [0, 0.1) is 0 Å². The highest BCUT2D eigenvalue weighted by atomic mass is 35.5. The number of rotatable bonds is 5. The summed E-state index contributed by atoms with van der Waals surface area (Å²) in [6.45, 7) is 0.297. The van der Waals surface area contributed by atoms with Gasteiger partial charge in [0.05, 0.1) is 6.04 Å². The summed E-state index contributed by atoms with van der Waals surface area (Å²) in [5, 5.41) is 9.96. The highest BCUT2D eigenvalue weighted by Crippen LogP contribution is 2.46. The van der Waals surface area contributed by atoms with Crippen molar-refractivity contribution >= 4 is 34.9 Å². The second-order valence-electron chi connectivity index (χ2n) is 7.49. The molecular formula is C22H19Cl2F3N4O. The first-order valence-corrected chi connectivity index (χ1v) is 10.7. The molecule has 0 unspecified atom stereocenters. The summed E-state index contributed by atoms with van der Waals surface area (Å²) in [6.07, 6.45) is -4.30. The van der Waals surface area contributed by atoms with Crippen LogP contribution in [0.4, 0.5) is 19.0 Å². The van der Waals surface area contributed by atoms with Crippen LogP contribution in [0.3, 0.4) is 0 Å². The number of aromatic nitrogens is 2. The van der Waals surface area contributed by atoms with Crippen molar-refractivity contribution in [1.82, 2.24) is 15.1 Å². The number of nitrogens with one attached hydrogen (secondary N) is 2. The number of hydrogen-bond donors (Lipinski definition) is 2. The molecule has 168 valence electrons. The Morgan fingerprint density at radius 1 is 1.12 bits per heavy atom. The molecule has 0 bridgehead atoms. The molecule has 2 aromatic carbocycles. The summed E-state index contributed by atoms with van der Waals surface area (Å²) >= 11 is 12.2. The third kappa shape index (κ3) is 4.71. The number of halogens is 5. The van der Waals surface area contributed by atoms with Gasteiger partial charge >= 0.3 is 6.18 Å². The van der Waals surface area contributed by atoms with E-state index in [1.807, 2.05) is 30.3 Å². The molecule has 2 N–H and O–H groups in total. The number of carbonyl (C=O) groups excluding carboxylic acids is 1. The minimum absolute atomic E-state index is 0.0339. The molecule has 2 heterocycles. The van der Waals surface area contributed by atoms with Crippen LogP contribution in [0.15, 0.2) is 54.6 Å². The number of anilines is 1. The van der Waals surface area contributed by atoms with Crippen LogP contribution in [0.1, 0.15) is 40.1 Å². The molecule has 0 fully saturated rings. The smallest absolute Gasteiger partial charge is 0.362 e. The maximum absolute atomic E-state index is 13.9. The average molecular weight is 483 g/mol. The molecular weight excluding hydrogens is 464 g/mol. The molecule has 5 nitrogen and oxygen atoms in total. The van der Waals surface area contributed by atoms with Crippen molar-refractivity contribution in [2.45, 2.75) is 31.1 Å². The molecule has 1 aliphatic heterocycles. The van der Waals surface area contributed by atoms with E-state index in [1.165, 1.54) is 0 Å². The van der Waals surface area contributed by atoms with E-state index in [-0.39, 0.29) is 23.0 Å². The number of hydrogen-bond acceptors (Lipinski definition) is 3. The Hall–Kier alpha value is -2.71. The predicted octanol–water partition coefficient (Wildman–Crippen LogP) is 5.82. The molecule has 0 radical (unpaired) electrons. The molecule has 4 rings (SSSR count). The normalized spacial score (nSPS) is 18.0. The number of alkyl halides is 3. The lowest BCUT2D eigenvalue weighted by atomic mass is 9.97. The molecule has 3 aromatic rings. The molecule has 2 atom stereocenters. The number of nitrogens with zero attached hydrogens (tertiary/aromatic N) is 2. The van der Waals surface area contributed by atoms with Gasteiger partial charge in [0.1, 0.15) is 10.8 Å². The fourth-order valence-electron chi connectivity index (χ4n) is 3.70. The van der Waals surface area contributed by atoms with E-state index in [2.05, 4.69) is 15.7 Å². The Kier molecular flexibility index (Phi) is 6.35. The largest absolute Gasteiger partial charge is 0.410 e. The topological polar surface area (TPSA) is 59.0 Å². The second kappa shape index (κ2) is 9.03. The second-order valence-corrected chi connectivity index (χ2v) is 8.30. The Bertz CT molecular complexity index is 1100. The van der Waals surface area contributed by atoms with Crippen LogP contribution in [-0.2, 0) is 6.42 Å². The third-order valence-electron chi connectivity index (χ3n) is 5.33. The molecule has 0 saturated heterocycles. The van der Waals surface area contributed by atoms with Gasteiger partial charge < -0.3 is 10.6 Å². The maximum atomic E-state index is 13.9. The first-order valence-electron chi connectivity index (χ1n) is 9.93. The van der Waals surface area contributed by atoms with E-state index in [1.54, 1.807) is 24.3 Å². The van der Waals surface area contributed by atoms with Crippen LogP contribution >= 0.6 is 23.2 Å². The van der Waals surface area contributed by atoms with Crippen molar-refractivity contribution in [3.05, 3.63) is 81.5 Å². The maximum Gasteiger partial charge on any atom is 0.410 e. The number of benzene rings is 2. The standard InChI is InChI=1S/C22H19Cl2F3N4O/c23-15-8-6-14(7-9-15)16-12-17(22(25,26)27)31-20(29-16)18(24)19(30-31)21(32)28-11-10-13-4-2-1-3-5-13/h1-9,16-17,29H,10-12H2,(H,28,32)/t16-,17+/m1/s1. The van der Waals surface area contributed by atoms with Gasteiger partial charge in [-0.05, 0) is 29.7 Å². The van der Waals surface area contributed by atoms with Crippen molar-refractivity contribution in [2.24, 2.45) is 0 Å². The van der Waals surface area contributed by atoms with Crippen LogP contribution < -0.4 is 10.6 Å². The summed E-state index contributed by atoms with van der Waals surface area (Å²) in [6, 6.07) is 13.4. The minimum atomic E-state index is -4.57. The zero-order valence-electron chi connectivity index (χ0n) is 16.7. The molecule has 1 aromatic heterocycles. The molecule has 32 heavy (non-hydrogen) atoms. The van der Waals surface area contributed by atoms with Crippen LogP contribution in [0.25, 0.3) is 0 Å². The summed E-state index contributed by atoms with van der Waals surface area (Å²) in [7, 11) is 0. The Morgan fingerprint density at radius 2 is 1.81 bits per heavy atom. The average Bonchev–Trinajstić information content (AvgIpc) is 3.10. The zero-order valence-corrected chi connectivity index (χ0v) is 18.2. The van der Waals surface area contributed by atoms with Gasteiger partial charge in [-0.15, -0.1) is 0 Å².